The van der Waals surface area contributed by atoms with Crippen LogP contribution in [0.4, 0.5) is 8.78 Å². The van der Waals surface area contributed by atoms with Crippen molar-refractivity contribution < 1.29 is 32.6 Å². The summed E-state index contributed by atoms with van der Waals surface area (Å²) < 4.78 is 39.0. The predicted octanol–water partition coefficient (Wildman–Crippen LogP) is 5.01. The van der Waals surface area contributed by atoms with Crippen molar-refractivity contribution in [3.8, 4) is 17.2 Å². The molecule has 1 unspecified atom stereocenters. The van der Waals surface area contributed by atoms with Crippen LogP contribution < -0.4 is 15.4 Å². The van der Waals surface area contributed by atoms with Gasteiger partial charge in [-0.05, 0) is 67.4 Å². The van der Waals surface area contributed by atoms with Crippen LogP contribution in [0, 0.1) is 18.6 Å². The van der Waals surface area contributed by atoms with E-state index in [9.17, 15) is 23.5 Å². The number of carbonyl (C=O) groups is 2. The Kier molecular flexibility index (Phi) is 8.39. The van der Waals surface area contributed by atoms with Gasteiger partial charge in [0.1, 0.15) is 29.2 Å². The summed E-state index contributed by atoms with van der Waals surface area (Å²) in [5.74, 6) is -1.82. The molecule has 0 saturated carbocycles. The van der Waals surface area contributed by atoms with Crippen LogP contribution in [0.25, 0.3) is 11.5 Å². The number of hydrogen-bond acceptors (Lipinski definition) is 6. The van der Waals surface area contributed by atoms with Crippen molar-refractivity contribution in [2.24, 2.45) is 0 Å². The number of hydrogen-bond donors (Lipinski definition) is 3. The maximum atomic E-state index is 13.6. The van der Waals surface area contributed by atoms with Crippen molar-refractivity contribution in [3.05, 3.63) is 107 Å². The minimum atomic E-state index is -1.01. The van der Waals surface area contributed by atoms with Gasteiger partial charge in [0, 0.05) is 36.1 Å². The number of halogens is 2. The Bertz CT molecular complexity index is 1540. The van der Waals surface area contributed by atoms with E-state index in [0.717, 1.165) is 29.5 Å². The highest BCUT2D eigenvalue weighted by Gasteiger charge is 2.36. The van der Waals surface area contributed by atoms with Gasteiger partial charge in [0.25, 0.3) is 5.91 Å². The first kappa shape index (κ1) is 28.0. The highest BCUT2D eigenvalue weighted by Crippen LogP contribution is 2.33. The average Bonchev–Trinajstić information content (AvgIpc) is 3.59. The topological polar surface area (TPSA) is 114 Å². The Morgan fingerprint density at radius 3 is 2.59 bits per heavy atom. The fraction of sp³-hybridized carbons (Fsp3) is 0.258. The van der Waals surface area contributed by atoms with Crippen molar-refractivity contribution in [1.82, 2.24) is 15.6 Å². The third-order valence-corrected chi connectivity index (χ3v) is 7.05. The number of nitrogens with one attached hydrogen (secondary N) is 2. The number of carbonyl (C=O) groups excluding carboxylic acids is 1. The molecule has 1 aromatic heterocycles. The van der Waals surface area contributed by atoms with Crippen LogP contribution in [0.5, 0.6) is 5.75 Å². The highest BCUT2D eigenvalue weighted by molar-refractivity contribution is 5.96. The zero-order valence-corrected chi connectivity index (χ0v) is 22.3. The molecule has 1 saturated heterocycles. The van der Waals surface area contributed by atoms with Crippen LogP contribution >= 0.6 is 0 Å². The normalized spacial score (nSPS) is 16.5. The second-order valence-corrected chi connectivity index (χ2v) is 9.86. The SMILES string of the molecule is Cc1oc(-c2ccccc2)nc1CCOc1ccc(C2CCN[C@@H]2C(=O)O)c(C(=O)NCc2cc(F)cc(F)c2)c1. The second kappa shape index (κ2) is 12.3. The van der Waals surface area contributed by atoms with Gasteiger partial charge in [-0.15, -0.1) is 0 Å². The van der Waals surface area contributed by atoms with Gasteiger partial charge in [0.15, 0.2) is 0 Å². The summed E-state index contributed by atoms with van der Waals surface area (Å²) in [5.41, 5.74) is 2.67. The molecular formula is C31H29F2N3O5. The summed E-state index contributed by atoms with van der Waals surface area (Å²) in [4.78, 5) is 29.7. The maximum Gasteiger partial charge on any atom is 0.321 e. The first-order valence-electron chi connectivity index (χ1n) is 13.3. The molecule has 10 heteroatoms. The molecule has 1 amide bonds. The van der Waals surface area contributed by atoms with Gasteiger partial charge in [-0.3, -0.25) is 9.59 Å². The molecule has 5 rings (SSSR count). The summed E-state index contributed by atoms with van der Waals surface area (Å²) in [6.07, 6.45) is 0.992. The van der Waals surface area contributed by atoms with Crippen molar-refractivity contribution in [2.45, 2.75) is 38.3 Å². The van der Waals surface area contributed by atoms with Crippen molar-refractivity contribution in [1.29, 1.82) is 0 Å². The molecule has 1 aliphatic heterocycles. The Balaban J connectivity index is 1.33. The van der Waals surface area contributed by atoms with Crippen LogP contribution in [0.3, 0.4) is 0 Å². The lowest BCUT2D eigenvalue weighted by molar-refractivity contribution is -0.139. The van der Waals surface area contributed by atoms with Gasteiger partial charge in [-0.1, -0.05) is 24.3 Å². The van der Waals surface area contributed by atoms with E-state index in [0.29, 0.717) is 42.4 Å². The Labute approximate surface area is 235 Å². The van der Waals surface area contributed by atoms with Crippen LogP contribution in [0.1, 0.15) is 45.3 Å². The number of aliphatic carboxylic acids is 1. The molecule has 3 aromatic carbocycles. The van der Waals surface area contributed by atoms with Gasteiger partial charge < -0.3 is 24.9 Å². The third-order valence-electron chi connectivity index (χ3n) is 7.05. The molecule has 2 heterocycles. The number of oxazole rings is 1. The summed E-state index contributed by atoms with van der Waals surface area (Å²) in [5, 5.41) is 15.3. The van der Waals surface area contributed by atoms with E-state index in [2.05, 4.69) is 15.6 Å². The predicted molar refractivity (Wildman–Crippen MR) is 147 cm³/mol. The largest absolute Gasteiger partial charge is 0.493 e. The third kappa shape index (κ3) is 6.60. The molecule has 8 nitrogen and oxygen atoms in total. The molecule has 3 N–H and O–H groups in total. The number of aryl methyl sites for hydroxylation is 1. The standard InChI is InChI=1S/C31H29F2N3O5/c1-18-27(36-30(41-18)20-5-3-2-4-6-20)10-12-40-23-7-8-24(25-9-11-34-28(25)31(38)39)26(16-23)29(37)35-17-19-13-21(32)15-22(33)14-19/h2-8,13-16,25,28,34H,9-12,17H2,1H3,(H,35,37)(H,38,39)/t25?,28-/m0/s1. The lowest BCUT2D eigenvalue weighted by Crippen LogP contribution is -2.35. The average molecular weight is 562 g/mol. The van der Waals surface area contributed by atoms with Crippen molar-refractivity contribution in [3.63, 3.8) is 0 Å². The molecule has 2 atom stereocenters. The quantitative estimate of drug-likeness (QED) is 0.249. The number of benzene rings is 3. The number of rotatable bonds is 10. The Morgan fingerprint density at radius 2 is 1.85 bits per heavy atom. The summed E-state index contributed by atoms with van der Waals surface area (Å²) in [6.45, 7) is 2.47. The molecule has 0 radical (unpaired) electrons. The second-order valence-electron chi connectivity index (χ2n) is 9.86. The van der Waals surface area contributed by atoms with E-state index >= 15 is 0 Å². The van der Waals surface area contributed by atoms with E-state index in [1.807, 2.05) is 37.3 Å². The fourth-order valence-electron chi connectivity index (χ4n) is 5.06. The Hall–Kier alpha value is -4.57. The number of carboxylic acid groups (broad SMARTS) is 1. The number of carboxylic acids is 1. The van der Waals surface area contributed by atoms with E-state index in [-0.39, 0.29) is 24.3 Å². The zero-order valence-electron chi connectivity index (χ0n) is 22.3. The van der Waals surface area contributed by atoms with E-state index < -0.39 is 35.5 Å². The molecule has 1 aliphatic rings. The molecule has 0 spiro atoms. The molecule has 212 valence electrons. The number of aromatic nitrogens is 1. The molecule has 41 heavy (non-hydrogen) atoms. The molecular weight excluding hydrogens is 532 g/mol. The number of amides is 1. The van der Waals surface area contributed by atoms with E-state index in [1.54, 1.807) is 18.2 Å². The lowest BCUT2D eigenvalue weighted by Gasteiger charge is -2.20. The first-order chi connectivity index (χ1) is 19.8. The smallest absolute Gasteiger partial charge is 0.321 e. The van der Waals surface area contributed by atoms with Gasteiger partial charge in [-0.25, -0.2) is 13.8 Å². The summed E-state index contributed by atoms with van der Waals surface area (Å²) in [7, 11) is 0. The van der Waals surface area contributed by atoms with Gasteiger partial charge in [-0.2, -0.15) is 0 Å². The van der Waals surface area contributed by atoms with Crippen LogP contribution in [0.2, 0.25) is 0 Å². The molecule has 0 bridgehead atoms. The first-order valence-corrected chi connectivity index (χ1v) is 13.3. The molecule has 0 aliphatic carbocycles. The number of ether oxygens (including phenoxy) is 1. The molecule has 4 aromatic rings. The van der Waals surface area contributed by atoms with Gasteiger partial charge in [0.2, 0.25) is 5.89 Å². The van der Waals surface area contributed by atoms with Crippen molar-refractivity contribution in [2.75, 3.05) is 13.2 Å². The maximum absolute atomic E-state index is 13.6. The van der Waals surface area contributed by atoms with Crippen LogP contribution in [0.15, 0.2) is 71.1 Å². The van der Waals surface area contributed by atoms with Crippen molar-refractivity contribution >= 4 is 11.9 Å². The molecule has 1 fully saturated rings. The van der Waals surface area contributed by atoms with Crippen LogP contribution in [-0.4, -0.2) is 41.2 Å². The van der Waals surface area contributed by atoms with Gasteiger partial charge >= 0.3 is 5.97 Å². The monoisotopic (exact) mass is 561 g/mol. The van der Waals surface area contributed by atoms with E-state index in [1.165, 1.54) is 0 Å². The summed E-state index contributed by atoms with van der Waals surface area (Å²) in [6, 6.07) is 16.7. The lowest BCUT2D eigenvalue weighted by atomic mass is 9.88. The fourth-order valence-corrected chi connectivity index (χ4v) is 5.06. The zero-order chi connectivity index (χ0) is 28.9. The number of nitrogens with zero attached hydrogens (tertiary/aromatic N) is 1. The highest BCUT2D eigenvalue weighted by atomic mass is 19.1. The van der Waals surface area contributed by atoms with Gasteiger partial charge in [0.05, 0.1) is 12.3 Å². The van der Waals surface area contributed by atoms with E-state index in [4.69, 9.17) is 9.15 Å². The Morgan fingerprint density at radius 1 is 1.10 bits per heavy atom. The van der Waals surface area contributed by atoms with Crippen LogP contribution in [-0.2, 0) is 17.8 Å². The minimum absolute atomic E-state index is 0.113. The summed E-state index contributed by atoms with van der Waals surface area (Å²) >= 11 is 0. The minimum Gasteiger partial charge on any atom is -0.493 e.